The Labute approximate surface area is 443 Å². The highest BCUT2D eigenvalue weighted by molar-refractivity contribution is 7.26. The second-order valence-electron chi connectivity index (χ2n) is 20.0. The molecular formula is C71H48N2S2. The lowest BCUT2D eigenvalue weighted by Crippen LogP contribution is -2.12. The predicted octanol–water partition coefficient (Wildman–Crippen LogP) is 21.7. The van der Waals surface area contributed by atoms with E-state index in [1.54, 1.807) is 0 Å². The van der Waals surface area contributed by atoms with Crippen LogP contribution in [0.5, 0.6) is 0 Å². The third-order valence-electron chi connectivity index (χ3n) is 15.7. The lowest BCUT2D eigenvalue weighted by atomic mass is 9.84. The zero-order valence-electron chi connectivity index (χ0n) is 41.2. The number of thiophene rings is 2. The van der Waals surface area contributed by atoms with Gasteiger partial charge < -0.3 is 9.80 Å². The van der Waals surface area contributed by atoms with Gasteiger partial charge in [0.05, 0.1) is 11.4 Å². The molecule has 0 radical (unpaired) electrons. The molecule has 1 aliphatic carbocycles. The van der Waals surface area contributed by atoms with E-state index in [9.17, 15) is 0 Å². The molecule has 2 heterocycles. The molecule has 1 aliphatic rings. The van der Waals surface area contributed by atoms with E-state index in [1.807, 2.05) is 22.7 Å². The summed E-state index contributed by atoms with van der Waals surface area (Å²) in [6.45, 7) is 2.36. The van der Waals surface area contributed by atoms with Crippen LogP contribution in [0.2, 0.25) is 0 Å². The van der Waals surface area contributed by atoms with Crippen LogP contribution in [0, 0.1) is 0 Å². The maximum atomic E-state index is 2.49. The van der Waals surface area contributed by atoms with Gasteiger partial charge in [0.1, 0.15) is 0 Å². The summed E-state index contributed by atoms with van der Waals surface area (Å²) in [7, 11) is 0. The number of nitrogens with zero attached hydrogens (tertiary/aromatic N) is 2. The Kier molecular flexibility index (Phi) is 10.3. The minimum absolute atomic E-state index is 0.431. The monoisotopic (exact) mass is 992 g/mol. The molecule has 0 N–H and O–H groups in total. The van der Waals surface area contributed by atoms with Crippen LogP contribution in [0.25, 0.3) is 101 Å². The highest BCUT2D eigenvalue weighted by Crippen LogP contribution is 2.48. The van der Waals surface area contributed by atoms with Crippen LogP contribution in [0.4, 0.5) is 34.1 Å². The molecule has 0 amide bonds. The Morgan fingerprint density at radius 3 is 1.28 bits per heavy atom. The molecule has 4 heteroatoms. The molecular weight excluding hydrogens is 945 g/mol. The average Bonchev–Trinajstić information content (AvgIpc) is 4.05. The summed E-state index contributed by atoms with van der Waals surface area (Å²) in [5.41, 5.74) is 14.4. The molecule has 75 heavy (non-hydrogen) atoms. The smallest absolute Gasteiger partial charge is 0.0546 e. The molecule has 1 atom stereocenters. The van der Waals surface area contributed by atoms with Crippen LogP contribution in [-0.4, -0.2) is 0 Å². The lowest BCUT2D eigenvalue weighted by molar-refractivity contribution is 0.773. The van der Waals surface area contributed by atoms with Crippen LogP contribution < -0.4 is 9.80 Å². The number of hydrogen-bond donors (Lipinski definition) is 0. The van der Waals surface area contributed by atoms with Gasteiger partial charge in [-0.25, -0.2) is 0 Å². The van der Waals surface area contributed by atoms with E-state index in [4.69, 9.17) is 0 Å². The van der Waals surface area contributed by atoms with Crippen molar-refractivity contribution in [2.24, 2.45) is 0 Å². The van der Waals surface area contributed by atoms with Gasteiger partial charge in [-0.1, -0.05) is 177 Å². The fraction of sp³-hybridized carbons (Fsp3) is 0.0423. The normalized spacial score (nSPS) is 13.4. The third kappa shape index (κ3) is 7.35. The number of anilines is 6. The minimum Gasteiger partial charge on any atom is -0.310 e. The summed E-state index contributed by atoms with van der Waals surface area (Å²) >= 11 is 3.73. The van der Waals surface area contributed by atoms with Crippen molar-refractivity contribution in [2.75, 3.05) is 9.80 Å². The van der Waals surface area contributed by atoms with E-state index in [1.165, 1.54) is 112 Å². The molecule has 0 aliphatic heterocycles. The Bertz CT molecular complexity index is 4580. The first-order valence-corrected chi connectivity index (χ1v) is 27.6. The summed E-state index contributed by atoms with van der Waals surface area (Å²) in [6, 6.07) is 90.3. The summed E-state index contributed by atoms with van der Waals surface area (Å²) in [4.78, 5) is 4.94. The van der Waals surface area contributed by atoms with Gasteiger partial charge in [0.15, 0.2) is 0 Å². The zero-order chi connectivity index (χ0) is 49.6. The molecule has 2 aromatic heterocycles. The topological polar surface area (TPSA) is 6.48 Å². The Hall–Kier alpha value is -8.80. The van der Waals surface area contributed by atoms with Gasteiger partial charge in [0.2, 0.25) is 0 Å². The quantitative estimate of drug-likeness (QED) is 0.140. The van der Waals surface area contributed by atoms with Crippen molar-refractivity contribution in [1.82, 2.24) is 0 Å². The van der Waals surface area contributed by atoms with Gasteiger partial charge in [0.25, 0.3) is 0 Å². The number of allylic oxidation sites excluding steroid dienone is 1. The first-order valence-electron chi connectivity index (χ1n) is 25.9. The molecule has 354 valence electrons. The van der Waals surface area contributed by atoms with E-state index in [0.717, 1.165) is 34.9 Å². The first kappa shape index (κ1) is 43.8. The highest BCUT2D eigenvalue weighted by atomic mass is 32.1. The van der Waals surface area contributed by atoms with Crippen LogP contribution in [0.3, 0.4) is 0 Å². The van der Waals surface area contributed by atoms with Crippen molar-refractivity contribution in [2.45, 2.75) is 19.3 Å². The van der Waals surface area contributed by atoms with E-state index in [2.05, 4.69) is 272 Å². The largest absolute Gasteiger partial charge is 0.310 e. The fourth-order valence-electron chi connectivity index (χ4n) is 11.9. The van der Waals surface area contributed by atoms with Crippen molar-refractivity contribution < 1.29 is 0 Å². The van der Waals surface area contributed by atoms with Gasteiger partial charge >= 0.3 is 0 Å². The second kappa shape index (κ2) is 17.7. The first-order chi connectivity index (χ1) is 37.1. The summed E-state index contributed by atoms with van der Waals surface area (Å²) in [6.07, 6.45) is 5.72. The van der Waals surface area contributed by atoms with Gasteiger partial charge in [-0.2, -0.15) is 0 Å². The van der Waals surface area contributed by atoms with Crippen LogP contribution in [0.15, 0.2) is 249 Å². The molecule has 0 spiro atoms. The third-order valence-corrected chi connectivity index (χ3v) is 18.0. The summed E-state index contributed by atoms with van der Waals surface area (Å²) < 4.78 is 5.23. The Balaban J connectivity index is 0.788. The van der Waals surface area contributed by atoms with E-state index < -0.39 is 0 Å². The SMILES string of the molecule is CC1CC=Cc2c1cc(N(c1ccc(-c3ccc(-c4ccc(N(c5ccc6sc7ccccc7c6c5)c5cc6ccccc6c6ccccc56)cc4)cc3)cc1)c1ccc3sc4ccccc4c3c1)c1ccccc21. The van der Waals surface area contributed by atoms with Gasteiger partial charge in [0, 0.05) is 73.9 Å². The van der Waals surface area contributed by atoms with E-state index >= 15 is 0 Å². The van der Waals surface area contributed by atoms with Crippen molar-refractivity contribution in [3.05, 3.63) is 260 Å². The minimum atomic E-state index is 0.431. The van der Waals surface area contributed by atoms with Crippen molar-refractivity contribution in [3.63, 3.8) is 0 Å². The molecule has 1 unspecified atom stereocenters. The second-order valence-corrected chi connectivity index (χ2v) is 22.2. The van der Waals surface area contributed by atoms with Gasteiger partial charge in [-0.3, -0.25) is 0 Å². The number of rotatable bonds is 8. The van der Waals surface area contributed by atoms with Gasteiger partial charge in [-0.15, -0.1) is 22.7 Å². The fourth-order valence-corrected chi connectivity index (χ4v) is 14.1. The number of benzene rings is 12. The van der Waals surface area contributed by atoms with E-state index in [-0.39, 0.29) is 0 Å². The van der Waals surface area contributed by atoms with Crippen molar-refractivity contribution in [1.29, 1.82) is 0 Å². The van der Waals surface area contributed by atoms with Crippen LogP contribution in [0.1, 0.15) is 30.4 Å². The molecule has 0 saturated heterocycles. The molecule has 14 aromatic rings. The van der Waals surface area contributed by atoms with Crippen LogP contribution >= 0.6 is 22.7 Å². The molecule has 0 bridgehead atoms. The molecule has 15 rings (SSSR count). The number of fused-ring (bicyclic) bond motifs is 12. The number of hydrogen-bond acceptors (Lipinski definition) is 4. The molecule has 2 nitrogen and oxygen atoms in total. The van der Waals surface area contributed by atoms with Crippen molar-refractivity contribution in [3.8, 4) is 22.3 Å². The van der Waals surface area contributed by atoms with Gasteiger partial charge in [-0.05, 0) is 152 Å². The summed E-state index contributed by atoms with van der Waals surface area (Å²) in [5.74, 6) is 0.431. The Morgan fingerprint density at radius 1 is 0.333 bits per heavy atom. The van der Waals surface area contributed by atoms with Crippen LogP contribution in [-0.2, 0) is 0 Å². The maximum absolute atomic E-state index is 2.49. The van der Waals surface area contributed by atoms with E-state index in [0.29, 0.717) is 5.92 Å². The summed E-state index contributed by atoms with van der Waals surface area (Å²) in [5, 5.41) is 12.7. The standard InChI is InChI=1S/C71H48N2S2/c1-45-13-12-22-58-57-17-5-7-19-60(57)67(44-63(45)58)73(54-38-40-71-65(43-54)62-21-9-11-24-69(62)75-71)52-35-31-49(32-36-52)47-27-25-46(26-28-47)48-29-33-51(34-30-48)72(53-37-39-70-64(42-53)61-20-8-10-23-68(61)74-70)66-41-50-14-2-3-15-55(50)56-16-4-6-18-59(56)66/h2-12,14-45H,13H2,1H3. The van der Waals surface area contributed by atoms with Crippen molar-refractivity contribution >= 4 is 136 Å². The molecule has 0 fully saturated rings. The predicted molar refractivity (Wildman–Crippen MR) is 327 cm³/mol. The highest BCUT2D eigenvalue weighted by Gasteiger charge is 2.24. The Morgan fingerprint density at radius 2 is 0.733 bits per heavy atom. The lowest BCUT2D eigenvalue weighted by Gasteiger charge is -2.30. The average molecular weight is 993 g/mol. The molecule has 12 aromatic carbocycles. The molecule has 0 saturated carbocycles. The maximum Gasteiger partial charge on any atom is 0.0546 e. The zero-order valence-corrected chi connectivity index (χ0v) is 42.9.